The van der Waals surface area contributed by atoms with Gasteiger partial charge in [0.2, 0.25) is 39.4 Å². The first-order valence-electron chi connectivity index (χ1n) is 27.6. The van der Waals surface area contributed by atoms with E-state index in [1.54, 1.807) is 5.38 Å². The molecule has 5 aromatic rings. The number of nitrogens with two attached hydrogens (primary N) is 1. The van der Waals surface area contributed by atoms with Crippen LogP contribution in [0.4, 0.5) is 10.8 Å². The van der Waals surface area contributed by atoms with E-state index in [0.717, 1.165) is 80.5 Å². The molecule has 3 aliphatic rings. The molecule has 20 nitrogen and oxygen atoms in total. The molecule has 81 heavy (non-hydrogen) atoms. The van der Waals surface area contributed by atoms with Crippen LogP contribution >= 0.6 is 11.3 Å². The molecule has 3 aromatic carbocycles. The van der Waals surface area contributed by atoms with Crippen molar-refractivity contribution in [1.82, 2.24) is 39.7 Å². The summed E-state index contributed by atoms with van der Waals surface area (Å²) in [6.45, 7) is 13.2. The molecule has 0 spiro atoms. The number of nitrogens with one attached hydrogen (secondary N) is 4. The Morgan fingerprint density at radius 3 is 2.30 bits per heavy atom. The second-order valence-electron chi connectivity index (χ2n) is 20.5. The van der Waals surface area contributed by atoms with Crippen molar-refractivity contribution in [1.29, 1.82) is 0 Å². The van der Waals surface area contributed by atoms with Gasteiger partial charge in [-0.3, -0.25) is 18.9 Å². The number of rotatable bonds is 25. The Hall–Kier alpha value is -7.02. The molecule has 4 heterocycles. The molecule has 0 bridgehead atoms. The summed E-state index contributed by atoms with van der Waals surface area (Å²) >= 11 is 1.18. The summed E-state index contributed by atoms with van der Waals surface area (Å²) < 4.78 is 80.9. The number of nitrogen functional groups attached to an aromatic ring is 1. The Bertz CT molecular complexity index is 3620. The van der Waals surface area contributed by atoms with E-state index in [-0.39, 0.29) is 61.3 Å². The zero-order valence-corrected chi connectivity index (χ0v) is 49.3. The summed E-state index contributed by atoms with van der Waals surface area (Å²) in [6, 6.07) is 22.6. The number of sulfonamides is 1. The molecule has 1 fully saturated rings. The standard InChI is InChI=1S/C58H73N11O9S3/c1-7-68(8-2)42-19-22-46-51(32-42)78-52-33-43(69(9-3)10-4)20-23-47(52)55(46)48-24-21-45(34-53(48)81(75,76)77)80(73,74)60-27-15-14-18-49(63-54(70)30-41-37-79-58(59)62-41)56(71)64-50(57(72)61-40-25-28-65(5)29-26-40)31-44-36-67(38-66(44)6)35-39-16-12-11-13-17-39/h11-13,16-17,19-24,32-34,36-38,40,49-50,60H,7-10,14-15,18,25-31,35H2,1-6H3,(H4-2,59,61,62,63,64,70,71,72,75,76,77)/p+2/t49-,50-/m0/s1. The lowest BCUT2D eigenvalue weighted by atomic mass is 9.93. The van der Waals surface area contributed by atoms with Gasteiger partial charge < -0.3 is 35.9 Å². The highest BCUT2D eigenvalue weighted by Crippen LogP contribution is 2.43. The molecule has 8 rings (SSSR count). The number of hydrogen-bond acceptors (Lipinski definition) is 13. The van der Waals surface area contributed by atoms with Gasteiger partial charge in [0.1, 0.15) is 59.8 Å². The molecule has 0 radical (unpaired) electrons. The molecule has 2 aromatic heterocycles. The lowest BCUT2D eigenvalue weighted by Gasteiger charge is -2.31. The number of carbonyl (C=O) groups is 3. The summed E-state index contributed by atoms with van der Waals surface area (Å²) in [5, 5.41) is 12.3. The summed E-state index contributed by atoms with van der Waals surface area (Å²) in [7, 11) is -5.53. The van der Waals surface area contributed by atoms with Gasteiger partial charge in [-0.2, -0.15) is 8.42 Å². The normalized spacial score (nSPS) is 14.2. The lowest BCUT2D eigenvalue weighted by Crippen LogP contribution is -2.56. The van der Waals surface area contributed by atoms with Gasteiger partial charge in [-0.1, -0.05) is 36.4 Å². The first kappa shape index (κ1) is 60.1. The van der Waals surface area contributed by atoms with Crippen molar-refractivity contribution in [3.05, 3.63) is 125 Å². The number of likely N-dealkylation sites (tertiary alicyclic amines) is 1. The van der Waals surface area contributed by atoms with Crippen LogP contribution in [-0.2, 0) is 61.0 Å². The van der Waals surface area contributed by atoms with E-state index < -0.39 is 53.8 Å². The minimum absolute atomic E-state index is 0.0583. The highest BCUT2D eigenvalue weighted by molar-refractivity contribution is 7.89. The van der Waals surface area contributed by atoms with Crippen LogP contribution in [0, 0.1) is 0 Å². The third kappa shape index (κ3) is 15.1. The minimum Gasteiger partial charge on any atom is -0.456 e. The monoisotopic (exact) mass is 1170 g/mol. The van der Waals surface area contributed by atoms with Crippen LogP contribution in [0.3, 0.4) is 0 Å². The zero-order valence-electron chi connectivity index (χ0n) is 46.9. The van der Waals surface area contributed by atoms with Crippen LogP contribution in [0.5, 0.6) is 0 Å². The summed E-state index contributed by atoms with van der Waals surface area (Å²) in [4.78, 5) is 49.8. The molecule has 7 N–H and O–H groups in total. The van der Waals surface area contributed by atoms with E-state index in [1.807, 2.05) is 130 Å². The smallest absolute Gasteiger partial charge is 0.295 e. The Balaban J connectivity index is 1.02. The molecule has 1 aliphatic carbocycles. The number of aryl methyl sites for hydroxylation is 1. The van der Waals surface area contributed by atoms with Gasteiger partial charge in [0, 0.05) is 77.4 Å². The van der Waals surface area contributed by atoms with E-state index >= 15 is 0 Å². The third-order valence-electron chi connectivity index (χ3n) is 14.9. The van der Waals surface area contributed by atoms with E-state index in [9.17, 15) is 35.8 Å². The first-order chi connectivity index (χ1) is 38.8. The molecule has 3 amide bonds. The highest BCUT2D eigenvalue weighted by Gasteiger charge is 2.32. The number of aromatic nitrogens is 3. The van der Waals surface area contributed by atoms with Crippen molar-refractivity contribution in [2.75, 3.05) is 63.5 Å². The maximum absolute atomic E-state index is 14.5. The van der Waals surface area contributed by atoms with Gasteiger partial charge >= 0.3 is 0 Å². The number of imidazole rings is 1. The number of carbonyl (C=O) groups excluding carboxylic acids is 3. The summed E-state index contributed by atoms with van der Waals surface area (Å²) in [6.07, 6.45) is 5.83. The van der Waals surface area contributed by atoms with Crippen molar-refractivity contribution < 1.29 is 44.8 Å². The third-order valence-corrected chi connectivity index (χ3v) is 18.0. The second-order valence-corrected chi connectivity index (χ2v) is 24.6. The van der Waals surface area contributed by atoms with Crippen LogP contribution in [0.15, 0.2) is 117 Å². The molecule has 0 saturated carbocycles. The quantitative estimate of drug-likeness (QED) is 0.0192. The summed E-state index contributed by atoms with van der Waals surface area (Å²) in [5.41, 5.74) is 10.6. The Labute approximate surface area is 478 Å². The second kappa shape index (κ2) is 26.7. The largest absolute Gasteiger partial charge is 0.456 e. The minimum atomic E-state index is -5.04. The van der Waals surface area contributed by atoms with Gasteiger partial charge in [0.25, 0.3) is 10.1 Å². The number of piperidine rings is 1. The number of thiazole rings is 1. The van der Waals surface area contributed by atoms with Gasteiger partial charge in [0.15, 0.2) is 5.13 Å². The van der Waals surface area contributed by atoms with E-state index in [1.165, 1.54) is 23.5 Å². The van der Waals surface area contributed by atoms with Gasteiger partial charge in [-0.25, -0.2) is 31.8 Å². The van der Waals surface area contributed by atoms with Crippen molar-refractivity contribution in [2.45, 2.75) is 107 Å². The number of benzene rings is 4. The fraction of sp³-hybridized carbons (Fsp3) is 0.414. The molecule has 2 aliphatic heterocycles. The van der Waals surface area contributed by atoms with Crippen molar-refractivity contribution >= 4 is 71.0 Å². The zero-order chi connectivity index (χ0) is 58.0. The fourth-order valence-corrected chi connectivity index (χ4v) is 13.0. The average Bonchev–Trinajstić information content (AvgIpc) is 3.70. The first-order valence-corrected chi connectivity index (χ1v) is 31.4. The highest BCUT2D eigenvalue weighted by atomic mass is 32.2. The molecule has 0 unspecified atom stereocenters. The van der Waals surface area contributed by atoms with Crippen LogP contribution < -0.4 is 45.8 Å². The molecular weight excluding hydrogens is 1090 g/mol. The van der Waals surface area contributed by atoms with Crippen molar-refractivity contribution in [2.24, 2.45) is 7.05 Å². The number of hydrogen-bond donors (Lipinski definition) is 6. The predicted molar refractivity (Wildman–Crippen MR) is 315 cm³/mol. The van der Waals surface area contributed by atoms with Crippen LogP contribution in [0.1, 0.15) is 76.8 Å². The van der Waals surface area contributed by atoms with E-state index in [4.69, 9.17) is 10.2 Å². The van der Waals surface area contributed by atoms with Gasteiger partial charge in [-0.05, 0) is 116 Å². The van der Waals surface area contributed by atoms with Crippen LogP contribution in [-0.4, -0.2) is 125 Å². The Morgan fingerprint density at radius 1 is 0.889 bits per heavy atom. The molecule has 2 atom stereocenters. The SMILES string of the molecule is CCN(CC)c1ccc2c(-c3ccc(S(=O)(=O)NCCCC[C@H](NC(=O)Cc4csc(N)n4)C(=O)N[C@@H](Cc4c[n+](Cc5ccccc5)cn4C)C(=O)NC4CCN(C)CC4)cc3S(=O)(=O)O)c3ccc(=[N+](CC)CC)cc-3oc2c1. The summed E-state index contributed by atoms with van der Waals surface area (Å²) in [5.74, 6) is -0.993. The number of anilines is 2. The van der Waals surface area contributed by atoms with E-state index in [2.05, 4.69) is 40.0 Å². The average molecular weight is 1170 g/mol. The van der Waals surface area contributed by atoms with Crippen molar-refractivity contribution in [3.63, 3.8) is 0 Å². The maximum Gasteiger partial charge on any atom is 0.295 e. The molecule has 432 valence electrons. The van der Waals surface area contributed by atoms with Crippen molar-refractivity contribution in [3.8, 4) is 22.5 Å². The number of fused-ring (bicyclic) bond motifs is 2. The fourth-order valence-electron chi connectivity index (χ4n) is 10.5. The Morgan fingerprint density at radius 2 is 1.62 bits per heavy atom. The number of unbranched alkanes of at least 4 members (excludes halogenated alkanes) is 1. The number of amides is 3. The molecule has 1 saturated heterocycles. The van der Waals surface area contributed by atoms with Crippen LogP contribution in [0.25, 0.3) is 33.4 Å². The van der Waals surface area contributed by atoms with Crippen LogP contribution in [0.2, 0.25) is 0 Å². The van der Waals surface area contributed by atoms with Gasteiger partial charge in [0.05, 0.1) is 30.1 Å². The number of nitrogens with zero attached hydrogens (tertiary/aromatic N) is 6. The van der Waals surface area contributed by atoms with E-state index in [0.29, 0.717) is 40.1 Å². The van der Waals surface area contributed by atoms with Gasteiger partial charge in [-0.15, -0.1) is 11.3 Å². The topological polar surface area (TPSA) is 258 Å². The lowest BCUT2D eigenvalue weighted by molar-refractivity contribution is -0.688. The maximum atomic E-state index is 14.5. The predicted octanol–water partition coefficient (Wildman–Crippen LogP) is 4.94. The molecule has 23 heteroatoms. The molecular formula is C58H75N11O9S3+2. The Kier molecular flexibility index (Phi) is 19.8.